The van der Waals surface area contributed by atoms with Gasteiger partial charge in [-0.2, -0.15) is 0 Å². The minimum atomic E-state index is -0.922. The monoisotopic (exact) mass is 288 g/mol. The van der Waals surface area contributed by atoms with Crippen LogP contribution >= 0.6 is 15.9 Å². The number of hydrogen-bond acceptors (Lipinski definition) is 4. The molecular weight excluding hydrogens is 276 g/mol. The van der Waals surface area contributed by atoms with Gasteiger partial charge in [-0.25, -0.2) is 9.78 Å². The predicted octanol–water partition coefficient (Wildman–Crippen LogP) is 1.80. The summed E-state index contributed by atoms with van der Waals surface area (Å²) in [6, 6.07) is 3.55. The van der Waals surface area contributed by atoms with Gasteiger partial charge < -0.3 is 15.2 Å². The van der Waals surface area contributed by atoms with Gasteiger partial charge in [0.15, 0.2) is 5.60 Å². The Balaban J connectivity index is 3.00. The third-order valence-corrected chi connectivity index (χ3v) is 2.55. The highest BCUT2D eigenvalue weighted by Gasteiger charge is 2.31. The van der Waals surface area contributed by atoms with Crippen molar-refractivity contribution in [1.29, 1.82) is 0 Å². The van der Waals surface area contributed by atoms with Crippen LogP contribution in [0.3, 0.4) is 0 Å². The van der Waals surface area contributed by atoms with Crippen LogP contribution in [0.2, 0.25) is 0 Å². The molecule has 5 nitrogen and oxygen atoms in total. The van der Waals surface area contributed by atoms with Gasteiger partial charge in [0.25, 0.3) is 0 Å². The minimum absolute atomic E-state index is 0.208. The number of carbonyl (C=O) groups is 1. The summed E-state index contributed by atoms with van der Waals surface area (Å²) in [7, 11) is 1.52. The van der Waals surface area contributed by atoms with E-state index in [2.05, 4.69) is 20.9 Å². The van der Waals surface area contributed by atoms with Crippen molar-refractivity contribution in [1.82, 2.24) is 4.98 Å². The van der Waals surface area contributed by atoms with Gasteiger partial charge in [-0.3, -0.25) is 0 Å². The lowest BCUT2D eigenvalue weighted by Gasteiger charge is -2.27. The number of amides is 1. The molecular formula is C10H13BrN2O3. The van der Waals surface area contributed by atoms with E-state index < -0.39 is 11.7 Å². The number of hydrogen-bond donors (Lipinski definition) is 1. The molecule has 88 valence electrons. The second-order valence-electron chi connectivity index (χ2n) is 3.45. The smallest absolute Gasteiger partial charge is 0.405 e. The van der Waals surface area contributed by atoms with E-state index in [1.165, 1.54) is 7.11 Å². The van der Waals surface area contributed by atoms with E-state index in [-0.39, 0.29) is 6.61 Å². The Labute approximate surface area is 102 Å². The van der Waals surface area contributed by atoms with Gasteiger partial charge in [-0.1, -0.05) is 6.07 Å². The van der Waals surface area contributed by atoms with Crippen molar-refractivity contribution >= 4 is 22.0 Å². The largest absolute Gasteiger partial charge is 0.436 e. The fourth-order valence-electron chi connectivity index (χ4n) is 1.36. The van der Waals surface area contributed by atoms with Crippen LogP contribution in [-0.2, 0) is 15.1 Å². The van der Waals surface area contributed by atoms with Crippen molar-refractivity contribution in [2.45, 2.75) is 12.5 Å². The average Bonchev–Trinajstić information content (AvgIpc) is 2.17. The number of carbonyl (C=O) groups excluding carboxylic acids is 1. The summed E-state index contributed by atoms with van der Waals surface area (Å²) in [6.45, 7) is 1.92. The van der Waals surface area contributed by atoms with Crippen molar-refractivity contribution in [2.75, 3.05) is 13.7 Å². The molecule has 16 heavy (non-hydrogen) atoms. The van der Waals surface area contributed by atoms with Crippen LogP contribution in [-0.4, -0.2) is 24.8 Å². The topological polar surface area (TPSA) is 74.4 Å². The Hall–Kier alpha value is -1.14. The van der Waals surface area contributed by atoms with Crippen molar-refractivity contribution in [3.05, 3.63) is 28.5 Å². The summed E-state index contributed by atoms with van der Waals surface area (Å²) < 4.78 is 10.8. The molecule has 1 aromatic rings. The Morgan fingerprint density at radius 2 is 2.31 bits per heavy atom. The van der Waals surface area contributed by atoms with Crippen LogP contribution in [0.1, 0.15) is 12.5 Å². The van der Waals surface area contributed by atoms with E-state index in [4.69, 9.17) is 15.2 Å². The SMILES string of the molecule is COCC(C)(OC(N)=O)c1ccc(Br)nc1. The summed E-state index contributed by atoms with van der Waals surface area (Å²) >= 11 is 3.23. The second kappa shape index (κ2) is 5.27. The van der Waals surface area contributed by atoms with Gasteiger partial charge in [-0.05, 0) is 28.9 Å². The third-order valence-electron chi connectivity index (χ3n) is 2.08. The first-order valence-corrected chi connectivity index (χ1v) is 5.36. The summed E-state index contributed by atoms with van der Waals surface area (Å²) in [4.78, 5) is 14.9. The molecule has 0 saturated carbocycles. The lowest BCUT2D eigenvalue weighted by atomic mass is 9.99. The lowest BCUT2D eigenvalue weighted by Crippen LogP contribution is -2.36. The van der Waals surface area contributed by atoms with Crippen molar-refractivity contribution in [2.24, 2.45) is 5.73 Å². The number of rotatable bonds is 4. The van der Waals surface area contributed by atoms with E-state index in [9.17, 15) is 4.79 Å². The van der Waals surface area contributed by atoms with Crippen molar-refractivity contribution in [3.63, 3.8) is 0 Å². The number of ether oxygens (including phenoxy) is 2. The first kappa shape index (κ1) is 12.9. The van der Waals surface area contributed by atoms with E-state index in [1.54, 1.807) is 25.3 Å². The molecule has 1 heterocycles. The first-order chi connectivity index (χ1) is 7.48. The number of primary amides is 1. The minimum Gasteiger partial charge on any atom is -0.436 e. The van der Waals surface area contributed by atoms with Gasteiger partial charge >= 0.3 is 6.09 Å². The summed E-state index contributed by atoms with van der Waals surface area (Å²) in [5, 5.41) is 0. The number of nitrogens with two attached hydrogens (primary N) is 1. The molecule has 1 amide bonds. The van der Waals surface area contributed by atoms with Crippen molar-refractivity contribution in [3.8, 4) is 0 Å². The maximum atomic E-state index is 10.8. The zero-order valence-corrected chi connectivity index (χ0v) is 10.7. The Morgan fingerprint density at radius 3 is 2.75 bits per heavy atom. The Morgan fingerprint density at radius 1 is 1.62 bits per heavy atom. The van der Waals surface area contributed by atoms with Crippen molar-refractivity contribution < 1.29 is 14.3 Å². The molecule has 0 bridgehead atoms. The summed E-state index contributed by atoms with van der Waals surface area (Å²) in [5.41, 5.74) is 4.83. The van der Waals surface area contributed by atoms with Crippen LogP contribution in [0.25, 0.3) is 0 Å². The maximum absolute atomic E-state index is 10.8. The summed E-state index contributed by atoms with van der Waals surface area (Å²) in [5.74, 6) is 0. The van der Waals surface area contributed by atoms with E-state index in [0.29, 0.717) is 4.60 Å². The number of aromatic nitrogens is 1. The number of methoxy groups -OCH3 is 1. The highest BCUT2D eigenvalue weighted by Crippen LogP contribution is 2.25. The average molecular weight is 289 g/mol. The van der Waals surface area contributed by atoms with Crippen LogP contribution in [0.15, 0.2) is 22.9 Å². The molecule has 0 fully saturated rings. The fourth-order valence-corrected chi connectivity index (χ4v) is 1.59. The van der Waals surface area contributed by atoms with Crippen LogP contribution in [0.5, 0.6) is 0 Å². The molecule has 0 saturated heterocycles. The predicted molar refractivity (Wildman–Crippen MR) is 61.8 cm³/mol. The fraction of sp³-hybridized carbons (Fsp3) is 0.400. The molecule has 0 spiro atoms. The number of nitrogens with zero attached hydrogens (tertiary/aromatic N) is 1. The lowest BCUT2D eigenvalue weighted by molar-refractivity contribution is -0.0316. The van der Waals surface area contributed by atoms with Gasteiger partial charge in [0.1, 0.15) is 4.60 Å². The molecule has 0 aromatic carbocycles. The molecule has 0 radical (unpaired) electrons. The molecule has 0 aliphatic rings. The molecule has 2 N–H and O–H groups in total. The zero-order chi connectivity index (χ0) is 12.2. The molecule has 1 aromatic heterocycles. The Kier molecular flexibility index (Phi) is 4.26. The van der Waals surface area contributed by atoms with E-state index in [1.807, 2.05) is 0 Å². The number of halogens is 1. The molecule has 6 heteroatoms. The van der Waals surface area contributed by atoms with Gasteiger partial charge in [0.05, 0.1) is 6.61 Å². The standard InChI is InChI=1S/C10H13BrN2O3/c1-10(6-15-2,16-9(12)14)7-3-4-8(11)13-5-7/h3-5H,6H2,1-2H3,(H2,12,14). The van der Waals surface area contributed by atoms with Gasteiger partial charge in [-0.15, -0.1) is 0 Å². The molecule has 0 aliphatic heterocycles. The second-order valence-corrected chi connectivity index (χ2v) is 4.27. The van der Waals surface area contributed by atoms with Crippen LogP contribution < -0.4 is 5.73 Å². The molecule has 1 atom stereocenters. The molecule has 0 aliphatic carbocycles. The Bertz CT molecular complexity index is 369. The van der Waals surface area contributed by atoms with E-state index >= 15 is 0 Å². The zero-order valence-electron chi connectivity index (χ0n) is 9.07. The van der Waals surface area contributed by atoms with E-state index in [0.717, 1.165) is 5.56 Å². The van der Waals surface area contributed by atoms with Crippen LogP contribution in [0.4, 0.5) is 4.79 Å². The van der Waals surface area contributed by atoms with Gasteiger partial charge in [0, 0.05) is 18.9 Å². The maximum Gasteiger partial charge on any atom is 0.405 e. The number of pyridine rings is 1. The molecule has 1 unspecified atom stereocenters. The summed E-state index contributed by atoms with van der Waals surface area (Å²) in [6.07, 6.45) is 0.758. The van der Waals surface area contributed by atoms with Crippen LogP contribution in [0, 0.1) is 0 Å². The molecule has 1 rings (SSSR count). The normalized spacial score (nSPS) is 14.2. The highest BCUT2D eigenvalue weighted by molar-refractivity contribution is 9.10. The third kappa shape index (κ3) is 3.18. The first-order valence-electron chi connectivity index (χ1n) is 4.57. The highest BCUT2D eigenvalue weighted by atomic mass is 79.9. The quantitative estimate of drug-likeness (QED) is 0.858. The van der Waals surface area contributed by atoms with Gasteiger partial charge in [0.2, 0.25) is 0 Å².